The molecule has 0 amide bonds. The fourth-order valence-electron chi connectivity index (χ4n) is 1.88. The molecule has 0 aromatic heterocycles. The highest BCUT2D eigenvalue weighted by molar-refractivity contribution is 5.99. The molecule has 0 bridgehead atoms. The van der Waals surface area contributed by atoms with Crippen LogP contribution in [0.4, 0.5) is 5.69 Å². The molecule has 0 unspecified atom stereocenters. The van der Waals surface area contributed by atoms with Gasteiger partial charge in [-0.3, -0.25) is 0 Å². The molecular weight excluding hydrogens is 190 g/mol. The summed E-state index contributed by atoms with van der Waals surface area (Å²) in [4.78, 5) is 12.2. The van der Waals surface area contributed by atoms with Gasteiger partial charge in [0.15, 0.2) is 0 Å². The monoisotopic (exact) mass is 203 g/mol. The van der Waals surface area contributed by atoms with Crippen LogP contribution in [0.2, 0.25) is 0 Å². The minimum atomic E-state index is 0.774. The van der Waals surface area contributed by atoms with Gasteiger partial charge in [-0.05, 0) is 31.0 Å². The smallest absolute Gasteiger partial charge is 0.135 e. The standard InChI is InChI=1S/C11H13N3O/c1-9-4-2-5-10(8-9)14-7-3-6-11(14)12-13-15/h2,4-5,8H,3,6-7H2,1H3/b12-11+. The van der Waals surface area contributed by atoms with Crippen LogP contribution in [0.3, 0.4) is 0 Å². The van der Waals surface area contributed by atoms with Crippen LogP contribution in [-0.2, 0) is 0 Å². The summed E-state index contributed by atoms with van der Waals surface area (Å²) in [5.74, 6) is 0.774. The number of aryl methyl sites for hydroxylation is 1. The lowest BCUT2D eigenvalue weighted by molar-refractivity contribution is 0.956. The summed E-state index contributed by atoms with van der Waals surface area (Å²) in [5.41, 5.74) is 2.30. The van der Waals surface area contributed by atoms with E-state index in [2.05, 4.69) is 21.4 Å². The third kappa shape index (κ3) is 2.03. The maximum absolute atomic E-state index is 10.1. The maximum Gasteiger partial charge on any atom is 0.135 e. The number of amidine groups is 1. The van der Waals surface area contributed by atoms with Crippen LogP contribution in [0.1, 0.15) is 18.4 Å². The lowest BCUT2D eigenvalue weighted by atomic mass is 10.2. The van der Waals surface area contributed by atoms with Crippen molar-refractivity contribution in [3.8, 4) is 0 Å². The van der Waals surface area contributed by atoms with E-state index in [1.165, 1.54) is 5.56 Å². The Morgan fingerprint density at radius 3 is 3.00 bits per heavy atom. The number of rotatable bonds is 2. The second-order valence-corrected chi connectivity index (χ2v) is 3.69. The molecule has 78 valence electrons. The first-order chi connectivity index (χ1) is 7.31. The van der Waals surface area contributed by atoms with Crippen molar-refractivity contribution in [1.29, 1.82) is 0 Å². The number of nitrogens with zero attached hydrogens (tertiary/aromatic N) is 3. The summed E-state index contributed by atoms with van der Waals surface area (Å²) in [7, 11) is 0. The fraction of sp³-hybridized carbons (Fsp3) is 0.364. The number of anilines is 1. The summed E-state index contributed by atoms with van der Waals surface area (Å²) in [6, 6.07) is 8.17. The molecule has 4 nitrogen and oxygen atoms in total. The van der Waals surface area contributed by atoms with Gasteiger partial charge in [0.1, 0.15) is 5.84 Å². The van der Waals surface area contributed by atoms with Crippen molar-refractivity contribution >= 4 is 11.5 Å². The average molecular weight is 203 g/mol. The number of hydrogen-bond donors (Lipinski definition) is 0. The molecule has 1 aliphatic rings. The molecule has 1 aromatic rings. The van der Waals surface area contributed by atoms with Crippen LogP contribution < -0.4 is 4.90 Å². The lowest BCUT2D eigenvalue weighted by Gasteiger charge is -2.18. The van der Waals surface area contributed by atoms with Crippen molar-refractivity contribution in [1.82, 2.24) is 0 Å². The molecule has 1 heterocycles. The second kappa shape index (κ2) is 4.21. The topological polar surface area (TPSA) is 45.0 Å². The van der Waals surface area contributed by atoms with Crippen molar-refractivity contribution in [2.24, 2.45) is 10.4 Å². The first kappa shape index (κ1) is 9.83. The van der Waals surface area contributed by atoms with Gasteiger partial charge in [-0.1, -0.05) is 17.2 Å². The normalized spacial score (nSPS) is 18.5. The molecule has 1 fully saturated rings. The molecule has 2 rings (SSSR count). The molecule has 4 heteroatoms. The van der Waals surface area contributed by atoms with Gasteiger partial charge in [0.05, 0.1) is 5.29 Å². The molecule has 0 N–H and O–H groups in total. The van der Waals surface area contributed by atoms with Gasteiger partial charge in [0, 0.05) is 18.7 Å². The Morgan fingerprint density at radius 1 is 1.40 bits per heavy atom. The Labute approximate surface area is 88.6 Å². The van der Waals surface area contributed by atoms with Gasteiger partial charge < -0.3 is 4.90 Å². The van der Waals surface area contributed by atoms with Crippen molar-refractivity contribution in [3.05, 3.63) is 34.7 Å². The van der Waals surface area contributed by atoms with Crippen LogP contribution in [0.5, 0.6) is 0 Å². The minimum Gasteiger partial charge on any atom is -0.328 e. The van der Waals surface area contributed by atoms with E-state index in [1.54, 1.807) is 0 Å². The molecule has 15 heavy (non-hydrogen) atoms. The van der Waals surface area contributed by atoms with Crippen LogP contribution in [0.15, 0.2) is 34.7 Å². The summed E-state index contributed by atoms with van der Waals surface area (Å²) < 4.78 is 0. The Hall–Kier alpha value is -1.71. The van der Waals surface area contributed by atoms with Gasteiger partial charge in [-0.15, -0.1) is 4.91 Å². The van der Waals surface area contributed by atoms with Crippen molar-refractivity contribution in [2.45, 2.75) is 19.8 Å². The predicted octanol–water partition coefficient (Wildman–Crippen LogP) is 2.68. The van der Waals surface area contributed by atoms with E-state index >= 15 is 0 Å². The molecule has 0 aliphatic carbocycles. The Kier molecular flexibility index (Phi) is 2.76. The van der Waals surface area contributed by atoms with E-state index in [1.807, 2.05) is 25.1 Å². The summed E-state index contributed by atoms with van der Waals surface area (Å²) in [6.45, 7) is 2.96. The van der Waals surface area contributed by atoms with Crippen LogP contribution >= 0.6 is 0 Å². The zero-order valence-electron chi connectivity index (χ0n) is 8.68. The molecule has 0 spiro atoms. The van der Waals surface area contributed by atoms with Gasteiger partial charge in [0.2, 0.25) is 0 Å². The van der Waals surface area contributed by atoms with E-state index in [0.717, 1.165) is 30.9 Å². The molecule has 0 atom stereocenters. The largest absolute Gasteiger partial charge is 0.328 e. The summed E-state index contributed by atoms with van der Waals surface area (Å²) in [5, 5.41) is 6.24. The first-order valence-electron chi connectivity index (χ1n) is 5.04. The van der Waals surface area contributed by atoms with Gasteiger partial charge >= 0.3 is 0 Å². The first-order valence-corrected chi connectivity index (χ1v) is 5.04. The summed E-state index contributed by atoms with van der Waals surface area (Å²) in [6.07, 6.45) is 1.86. The quantitative estimate of drug-likeness (QED) is 0.548. The van der Waals surface area contributed by atoms with E-state index < -0.39 is 0 Å². The van der Waals surface area contributed by atoms with Crippen LogP contribution in [0, 0.1) is 11.8 Å². The summed E-state index contributed by atoms with van der Waals surface area (Å²) >= 11 is 0. The van der Waals surface area contributed by atoms with Crippen molar-refractivity contribution in [2.75, 3.05) is 11.4 Å². The Morgan fingerprint density at radius 2 is 2.27 bits per heavy atom. The van der Waals surface area contributed by atoms with Crippen LogP contribution in [-0.4, -0.2) is 12.4 Å². The number of hydrogen-bond acceptors (Lipinski definition) is 2. The maximum atomic E-state index is 10.1. The fourth-order valence-corrected chi connectivity index (χ4v) is 1.88. The van der Waals surface area contributed by atoms with Crippen LogP contribution in [0.25, 0.3) is 0 Å². The third-order valence-corrected chi connectivity index (χ3v) is 2.56. The molecule has 1 saturated heterocycles. The lowest BCUT2D eigenvalue weighted by Crippen LogP contribution is -2.23. The van der Waals surface area contributed by atoms with E-state index in [-0.39, 0.29) is 0 Å². The second-order valence-electron chi connectivity index (χ2n) is 3.69. The molecule has 1 aromatic carbocycles. The Balaban J connectivity index is 2.30. The van der Waals surface area contributed by atoms with E-state index in [9.17, 15) is 4.91 Å². The zero-order valence-corrected chi connectivity index (χ0v) is 8.68. The molecule has 1 aliphatic heterocycles. The predicted molar refractivity (Wildman–Crippen MR) is 61.0 cm³/mol. The van der Waals surface area contributed by atoms with Gasteiger partial charge in [-0.2, -0.15) is 0 Å². The highest BCUT2D eigenvalue weighted by Crippen LogP contribution is 2.22. The Bertz CT molecular complexity index is 401. The van der Waals surface area contributed by atoms with E-state index in [0.29, 0.717) is 0 Å². The van der Waals surface area contributed by atoms with Gasteiger partial charge in [0.25, 0.3) is 0 Å². The number of nitroso groups, excluding NO2 is 1. The highest BCUT2D eigenvalue weighted by atomic mass is 16.3. The average Bonchev–Trinajstić information content (AvgIpc) is 2.66. The van der Waals surface area contributed by atoms with Gasteiger partial charge in [-0.25, -0.2) is 0 Å². The SMILES string of the molecule is Cc1cccc(N2CCC/C2=N\N=O)c1. The minimum absolute atomic E-state index is 0.774. The van der Waals surface area contributed by atoms with Crippen molar-refractivity contribution < 1.29 is 0 Å². The van der Waals surface area contributed by atoms with E-state index in [4.69, 9.17) is 0 Å². The highest BCUT2D eigenvalue weighted by Gasteiger charge is 2.20. The van der Waals surface area contributed by atoms with Crippen molar-refractivity contribution in [3.63, 3.8) is 0 Å². The third-order valence-electron chi connectivity index (χ3n) is 2.56. The zero-order chi connectivity index (χ0) is 10.7. The molecular formula is C11H13N3O. The molecule has 0 radical (unpaired) electrons. The molecule has 0 saturated carbocycles. The number of benzene rings is 1.